The molecule has 1 saturated heterocycles. The second-order valence-corrected chi connectivity index (χ2v) is 14.9. The third-order valence-corrected chi connectivity index (χ3v) is 10.9. The van der Waals surface area contributed by atoms with Crippen molar-refractivity contribution in [1.82, 2.24) is 4.31 Å². The van der Waals surface area contributed by atoms with Gasteiger partial charge < -0.3 is 15.4 Å². The molecule has 2 amide bonds. The number of halogens is 2. The van der Waals surface area contributed by atoms with Crippen LogP contribution in [-0.2, 0) is 19.6 Å². The monoisotopic (exact) mass is 693 g/mol. The largest absolute Gasteiger partial charge is 0.377 e. The molecule has 0 aromatic heterocycles. The molecule has 0 bridgehead atoms. The molecule has 2 heterocycles. The van der Waals surface area contributed by atoms with E-state index < -0.39 is 28.3 Å². The number of nitrogens with zero attached hydrogens (tertiary/aromatic N) is 2. The van der Waals surface area contributed by atoms with Gasteiger partial charge in [-0.3, -0.25) is 9.59 Å². The summed E-state index contributed by atoms with van der Waals surface area (Å²) >= 11 is 0. The topological polar surface area (TPSA) is 110 Å². The number of rotatable bonds is 11. The van der Waals surface area contributed by atoms with Crippen molar-refractivity contribution >= 4 is 33.1 Å². The molecule has 0 saturated carbocycles. The standard InChI is InChI=1S/C38H45F2N3O5S/c1-4-26(37(41)44)16-17-34(31-9-6-5-8-30(22-31)27-18-20-42(21-19-27)49(3,46)47)33-10-7-11-35(25(33)2)43(32-23-48-24-32)38(45)29-14-12-28(13-15-29)36(39)40/h7,10-18,22,26,32,36H,4-6,8-9,19-21,23-24H2,1-3H3,(H2,41,44)/b17-16-,34-31-. The highest BCUT2D eigenvalue weighted by atomic mass is 32.2. The maximum atomic E-state index is 14.0. The first kappa shape index (κ1) is 36.4. The van der Waals surface area contributed by atoms with Gasteiger partial charge in [-0.15, -0.1) is 0 Å². The van der Waals surface area contributed by atoms with Crippen molar-refractivity contribution in [3.8, 4) is 0 Å². The van der Waals surface area contributed by atoms with Crippen LogP contribution in [0.2, 0.25) is 0 Å². The van der Waals surface area contributed by atoms with Crippen LogP contribution >= 0.6 is 0 Å². The quantitative estimate of drug-likeness (QED) is 0.276. The summed E-state index contributed by atoms with van der Waals surface area (Å²) in [5, 5.41) is 0. The molecular formula is C38H45F2N3O5S. The van der Waals surface area contributed by atoms with Gasteiger partial charge in [-0.05, 0) is 97.1 Å². The van der Waals surface area contributed by atoms with Gasteiger partial charge in [-0.2, -0.15) is 4.31 Å². The highest BCUT2D eigenvalue weighted by Crippen LogP contribution is 2.38. The first-order chi connectivity index (χ1) is 23.4. The molecule has 2 N–H and O–H groups in total. The minimum atomic E-state index is -3.27. The molecule has 8 nitrogen and oxygen atoms in total. The number of amides is 2. The van der Waals surface area contributed by atoms with E-state index in [1.807, 2.05) is 50.3 Å². The number of benzene rings is 2. The zero-order chi connectivity index (χ0) is 35.3. The third-order valence-electron chi connectivity index (χ3n) is 9.66. The predicted molar refractivity (Wildman–Crippen MR) is 189 cm³/mol. The summed E-state index contributed by atoms with van der Waals surface area (Å²) < 4.78 is 57.7. The van der Waals surface area contributed by atoms with Crippen molar-refractivity contribution in [3.63, 3.8) is 0 Å². The van der Waals surface area contributed by atoms with E-state index in [-0.39, 0.29) is 17.5 Å². The van der Waals surface area contributed by atoms with Crippen LogP contribution in [0.15, 0.2) is 83.5 Å². The Morgan fingerprint density at radius 2 is 1.78 bits per heavy atom. The zero-order valence-electron chi connectivity index (χ0n) is 28.3. The third kappa shape index (κ3) is 8.45. The van der Waals surface area contributed by atoms with Crippen LogP contribution in [0.3, 0.4) is 0 Å². The SMILES string of the molecule is CCC(/C=C\C(=C1\C=C(C2=CCN(S(C)(=O)=O)CC2)CCCC1)c1cccc(N(C(=O)c2ccc(C(F)F)cc2)C2COC2)c1C)C(N)=O. The van der Waals surface area contributed by atoms with Gasteiger partial charge in [0.25, 0.3) is 12.3 Å². The average molecular weight is 694 g/mol. The van der Waals surface area contributed by atoms with Crippen LogP contribution < -0.4 is 10.6 Å². The molecule has 5 rings (SSSR count). The van der Waals surface area contributed by atoms with E-state index in [0.717, 1.165) is 53.5 Å². The molecule has 2 aromatic carbocycles. The minimum Gasteiger partial charge on any atom is -0.377 e. The van der Waals surface area contributed by atoms with Gasteiger partial charge >= 0.3 is 0 Å². The van der Waals surface area contributed by atoms with Crippen molar-refractivity contribution in [2.75, 3.05) is 37.5 Å². The second-order valence-electron chi connectivity index (χ2n) is 12.9. The van der Waals surface area contributed by atoms with Crippen LogP contribution in [0, 0.1) is 12.8 Å². The van der Waals surface area contributed by atoms with Gasteiger partial charge in [0.1, 0.15) is 0 Å². The van der Waals surface area contributed by atoms with E-state index in [9.17, 15) is 26.8 Å². The van der Waals surface area contributed by atoms with Crippen molar-refractivity contribution in [2.45, 2.75) is 64.8 Å². The van der Waals surface area contributed by atoms with Gasteiger partial charge in [-0.25, -0.2) is 17.2 Å². The summed E-state index contributed by atoms with van der Waals surface area (Å²) in [4.78, 5) is 28.0. The molecule has 1 aliphatic carbocycles. The van der Waals surface area contributed by atoms with Gasteiger partial charge in [0, 0.05) is 29.9 Å². The maximum absolute atomic E-state index is 14.0. The highest BCUT2D eigenvalue weighted by Gasteiger charge is 2.33. The molecule has 2 aromatic rings. The molecule has 49 heavy (non-hydrogen) atoms. The number of ether oxygens (including phenoxy) is 1. The number of hydrogen-bond acceptors (Lipinski definition) is 5. The van der Waals surface area contributed by atoms with Crippen molar-refractivity contribution in [2.24, 2.45) is 11.7 Å². The van der Waals surface area contributed by atoms with Crippen LogP contribution in [0.25, 0.3) is 5.57 Å². The molecule has 0 radical (unpaired) electrons. The Morgan fingerprint density at radius 3 is 2.35 bits per heavy atom. The lowest BCUT2D eigenvalue weighted by atomic mass is 9.89. The summed E-state index contributed by atoms with van der Waals surface area (Å²) in [5.41, 5.74) is 12.7. The second kappa shape index (κ2) is 15.7. The number of carbonyl (C=O) groups excluding carboxylic acids is 2. The van der Waals surface area contributed by atoms with E-state index >= 15 is 0 Å². The molecule has 3 aliphatic rings. The smallest absolute Gasteiger partial charge is 0.263 e. The van der Waals surface area contributed by atoms with Crippen molar-refractivity contribution < 1.29 is 31.5 Å². The van der Waals surface area contributed by atoms with E-state index in [0.29, 0.717) is 50.4 Å². The summed E-state index contributed by atoms with van der Waals surface area (Å²) in [6, 6.07) is 11.0. The Morgan fingerprint density at radius 1 is 1.06 bits per heavy atom. The number of hydrogen-bond donors (Lipinski definition) is 1. The fourth-order valence-corrected chi connectivity index (χ4v) is 7.41. The van der Waals surface area contributed by atoms with Crippen LogP contribution in [0.1, 0.15) is 78.9 Å². The minimum absolute atomic E-state index is 0.148. The maximum Gasteiger partial charge on any atom is 0.263 e. The first-order valence-corrected chi connectivity index (χ1v) is 18.7. The van der Waals surface area contributed by atoms with Crippen molar-refractivity contribution in [1.29, 1.82) is 0 Å². The summed E-state index contributed by atoms with van der Waals surface area (Å²) in [6.07, 6.45) is 11.4. The predicted octanol–water partition coefficient (Wildman–Crippen LogP) is 6.89. The lowest BCUT2D eigenvalue weighted by molar-refractivity contribution is -0.120. The Kier molecular flexibility index (Phi) is 11.7. The lowest BCUT2D eigenvalue weighted by Gasteiger charge is -2.38. The number of anilines is 1. The number of allylic oxidation sites excluding steroid dienone is 5. The molecule has 11 heteroatoms. The Hall–Kier alpha value is -3.93. The Labute approximate surface area is 288 Å². The van der Waals surface area contributed by atoms with E-state index in [1.54, 1.807) is 4.90 Å². The van der Waals surface area contributed by atoms with Crippen LogP contribution in [0.5, 0.6) is 0 Å². The lowest BCUT2D eigenvalue weighted by Crippen LogP contribution is -2.52. The molecule has 1 atom stereocenters. The Bertz CT molecular complexity index is 1790. The normalized spacial score (nSPS) is 19.6. The van der Waals surface area contributed by atoms with Gasteiger partial charge in [-0.1, -0.05) is 55.5 Å². The molecule has 2 aliphatic heterocycles. The highest BCUT2D eigenvalue weighted by molar-refractivity contribution is 7.88. The van der Waals surface area contributed by atoms with E-state index in [1.165, 1.54) is 40.4 Å². The number of alkyl halides is 2. The summed E-state index contributed by atoms with van der Waals surface area (Å²) in [6.45, 7) is 5.37. The number of nitrogens with two attached hydrogens (primary N) is 1. The van der Waals surface area contributed by atoms with E-state index in [2.05, 4.69) is 6.08 Å². The van der Waals surface area contributed by atoms with E-state index in [4.69, 9.17) is 10.5 Å². The van der Waals surface area contributed by atoms with Crippen LogP contribution in [-0.4, -0.2) is 63.1 Å². The zero-order valence-corrected chi connectivity index (χ0v) is 29.1. The van der Waals surface area contributed by atoms with Gasteiger partial charge in [0.2, 0.25) is 15.9 Å². The van der Waals surface area contributed by atoms with Gasteiger partial charge in [0.05, 0.1) is 31.4 Å². The van der Waals surface area contributed by atoms with Crippen molar-refractivity contribution in [3.05, 3.63) is 106 Å². The molecule has 0 spiro atoms. The molecule has 262 valence electrons. The number of sulfonamides is 1. The molecule has 1 fully saturated rings. The number of primary amides is 1. The summed E-state index contributed by atoms with van der Waals surface area (Å²) in [5.74, 6) is -1.17. The van der Waals surface area contributed by atoms with Gasteiger partial charge in [0.15, 0.2) is 0 Å². The summed E-state index contributed by atoms with van der Waals surface area (Å²) in [7, 11) is -3.27. The van der Waals surface area contributed by atoms with Crippen LogP contribution in [0.4, 0.5) is 14.5 Å². The first-order valence-electron chi connectivity index (χ1n) is 16.8. The average Bonchev–Trinajstić information content (AvgIpc) is 3.31. The fraction of sp³-hybridized carbons (Fsp3) is 0.421. The molecule has 1 unspecified atom stereocenters. The fourth-order valence-electron chi connectivity index (χ4n) is 6.64. The molecular weight excluding hydrogens is 648 g/mol. The Balaban J connectivity index is 1.62. The number of carbonyl (C=O) groups is 2.